The Bertz CT molecular complexity index is 936. The van der Waals surface area contributed by atoms with Crippen LogP contribution in [0.4, 0.5) is 8.78 Å². The van der Waals surface area contributed by atoms with Gasteiger partial charge in [0.2, 0.25) is 11.8 Å². The molecule has 2 saturated heterocycles. The van der Waals surface area contributed by atoms with Crippen LogP contribution < -0.4 is 16.0 Å². The Morgan fingerprint density at radius 1 is 1.10 bits per heavy atom. The van der Waals surface area contributed by atoms with Gasteiger partial charge in [0.05, 0.1) is 17.7 Å². The predicted molar refractivity (Wildman–Crippen MR) is 105 cm³/mol. The van der Waals surface area contributed by atoms with E-state index in [4.69, 9.17) is 0 Å². The molecular weight excluding hydrogens is 410 g/mol. The number of carbonyl (C=O) groups excluding carboxylic acids is 4. The van der Waals surface area contributed by atoms with Crippen LogP contribution in [0.5, 0.6) is 0 Å². The Labute approximate surface area is 177 Å². The summed E-state index contributed by atoms with van der Waals surface area (Å²) in [6.07, 6.45) is 0.946. The molecule has 0 saturated carbocycles. The summed E-state index contributed by atoms with van der Waals surface area (Å²) in [4.78, 5) is 49.9. The second-order valence-corrected chi connectivity index (χ2v) is 8.22. The fourth-order valence-electron chi connectivity index (χ4n) is 4.38. The van der Waals surface area contributed by atoms with Crippen LogP contribution in [0.2, 0.25) is 0 Å². The first-order chi connectivity index (χ1) is 14.8. The number of piperidine rings is 2. The molecule has 3 aliphatic heterocycles. The standard InChI is InChI=1S/C21H24F2N4O4/c22-21(23)11-25-8-6-13(21)5-7-24-10-12-1-2-14-15(9-12)20(31)27(19(14)30)16-3-4-17(28)26-18(16)29/h1-2,9,13,16,24-25H,3-8,10-11H2,(H,26,28,29). The fraction of sp³-hybridized carbons (Fsp3) is 0.524. The average Bonchev–Trinajstić information content (AvgIpc) is 2.96. The van der Waals surface area contributed by atoms with E-state index in [9.17, 15) is 28.0 Å². The number of nitrogens with one attached hydrogen (secondary N) is 3. The van der Waals surface area contributed by atoms with Crippen molar-refractivity contribution in [1.29, 1.82) is 0 Å². The summed E-state index contributed by atoms with van der Waals surface area (Å²) < 4.78 is 27.8. The predicted octanol–water partition coefficient (Wildman–Crippen LogP) is 0.812. The van der Waals surface area contributed by atoms with Crippen LogP contribution in [0.25, 0.3) is 0 Å². The molecule has 0 aliphatic carbocycles. The van der Waals surface area contributed by atoms with Crippen molar-refractivity contribution in [2.24, 2.45) is 5.92 Å². The normalized spacial score (nSPS) is 25.5. The zero-order valence-corrected chi connectivity index (χ0v) is 16.9. The molecule has 3 N–H and O–H groups in total. The average molecular weight is 434 g/mol. The maximum Gasteiger partial charge on any atom is 0.263 e. The lowest BCUT2D eigenvalue weighted by molar-refractivity contribution is -0.136. The summed E-state index contributed by atoms with van der Waals surface area (Å²) >= 11 is 0. The van der Waals surface area contributed by atoms with Crippen molar-refractivity contribution in [3.8, 4) is 0 Å². The number of carbonyl (C=O) groups is 4. The molecule has 0 aromatic heterocycles. The highest BCUT2D eigenvalue weighted by Gasteiger charge is 2.44. The van der Waals surface area contributed by atoms with Crippen molar-refractivity contribution in [3.05, 3.63) is 34.9 Å². The van der Waals surface area contributed by atoms with Gasteiger partial charge in [-0.1, -0.05) is 6.07 Å². The fourth-order valence-corrected chi connectivity index (χ4v) is 4.38. The van der Waals surface area contributed by atoms with Crippen LogP contribution in [0.1, 0.15) is 52.0 Å². The number of amides is 4. The van der Waals surface area contributed by atoms with Gasteiger partial charge in [-0.15, -0.1) is 0 Å². The first kappa shape index (κ1) is 21.5. The number of hydrogen-bond donors (Lipinski definition) is 3. The van der Waals surface area contributed by atoms with Gasteiger partial charge < -0.3 is 10.6 Å². The largest absolute Gasteiger partial charge is 0.313 e. The molecule has 10 heteroatoms. The third-order valence-electron chi connectivity index (χ3n) is 6.13. The molecular formula is C21H24F2N4O4. The molecule has 3 heterocycles. The van der Waals surface area contributed by atoms with E-state index in [0.29, 0.717) is 32.5 Å². The van der Waals surface area contributed by atoms with Crippen molar-refractivity contribution in [3.63, 3.8) is 0 Å². The third kappa shape index (κ3) is 4.22. The topological polar surface area (TPSA) is 108 Å². The number of nitrogens with zero attached hydrogens (tertiary/aromatic N) is 1. The second kappa shape index (κ2) is 8.43. The van der Waals surface area contributed by atoms with Crippen molar-refractivity contribution in [2.45, 2.75) is 44.2 Å². The van der Waals surface area contributed by atoms with Crippen molar-refractivity contribution in [2.75, 3.05) is 19.6 Å². The number of rotatable bonds is 6. The van der Waals surface area contributed by atoms with Gasteiger partial charge in [0.25, 0.3) is 17.7 Å². The minimum atomic E-state index is -2.71. The quantitative estimate of drug-likeness (QED) is 0.452. The lowest BCUT2D eigenvalue weighted by Gasteiger charge is -2.31. The maximum absolute atomic E-state index is 13.9. The zero-order chi connectivity index (χ0) is 22.2. The molecule has 0 bridgehead atoms. The Balaban J connectivity index is 1.37. The number of hydrogen-bond acceptors (Lipinski definition) is 6. The van der Waals surface area contributed by atoms with Gasteiger partial charge in [0, 0.05) is 18.9 Å². The molecule has 4 amide bonds. The number of alkyl halides is 2. The number of imide groups is 2. The summed E-state index contributed by atoms with van der Waals surface area (Å²) in [6, 6.07) is 3.83. The van der Waals surface area contributed by atoms with Crippen LogP contribution in [0.15, 0.2) is 18.2 Å². The van der Waals surface area contributed by atoms with E-state index in [1.807, 2.05) is 0 Å². The van der Waals surface area contributed by atoms with Gasteiger partial charge in [-0.25, -0.2) is 8.78 Å². The molecule has 2 unspecified atom stereocenters. The Morgan fingerprint density at radius 3 is 2.61 bits per heavy atom. The molecule has 3 aliphatic rings. The molecule has 8 nitrogen and oxygen atoms in total. The maximum atomic E-state index is 13.9. The third-order valence-corrected chi connectivity index (χ3v) is 6.13. The van der Waals surface area contributed by atoms with Crippen LogP contribution in [0, 0.1) is 5.92 Å². The van der Waals surface area contributed by atoms with Crippen molar-refractivity contribution < 1.29 is 28.0 Å². The van der Waals surface area contributed by atoms with Gasteiger partial charge in [-0.2, -0.15) is 0 Å². The van der Waals surface area contributed by atoms with Crippen molar-refractivity contribution in [1.82, 2.24) is 20.9 Å². The van der Waals surface area contributed by atoms with E-state index in [-0.39, 0.29) is 30.5 Å². The lowest BCUT2D eigenvalue weighted by Crippen LogP contribution is -2.54. The monoisotopic (exact) mass is 434 g/mol. The van der Waals surface area contributed by atoms with E-state index in [2.05, 4.69) is 16.0 Å². The Morgan fingerprint density at radius 2 is 1.87 bits per heavy atom. The molecule has 1 aromatic rings. The smallest absolute Gasteiger partial charge is 0.263 e. The summed E-state index contributed by atoms with van der Waals surface area (Å²) in [5.41, 5.74) is 1.16. The SMILES string of the molecule is O=C1CCC(N2C(=O)c3ccc(CNCCC4CCNCC4(F)F)cc3C2=O)C(=O)N1. The molecule has 31 heavy (non-hydrogen) atoms. The molecule has 4 rings (SSSR count). The zero-order valence-electron chi connectivity index (χ0n) is 16.9. The van der Waals surface area contributed by atoms with Crippen LogP contribution in [0.3, 0.4) is 0 Å². The van der Waals surface area contributed by atoms with Gasteiger partial charge in [-0.3, -0.25) is 29.4 Å². The molecule has 1 aromatic carbocycles. The van der Waals surface area contributed by atoms with Crippen LogP contribution in [-0.2, 0) is 16.1 Å². The van der Waals surface area contributed by atoms with Gasteiger partial charge in [-0.05, 0) is 50.0 Å². The highest BCUT2D eigenvalue weighted by Crippen LogP contribution is 2.32. The summed E-state index contributed by atoms with van der Waals surface area (Å²) in [5.74, 6) is -5.56. The molecule has 0 spiro atoms. The first-order valence-electron chi connectivity index (χ1n) is 10.4. The van der Waals surface area contributed by atoms with E-state index >= 15 is 0 Å². The Hall–Kier alpha value is -2.72. The van der Waals surface area contributed by atoms with E-state index in [0.717, 1.165) is 10.5 Å². The lowest BCUT2D eigenvalue weighted by atomic mass is 9.91. The first-order valence-corrected chi connectivity index (χ1v) is 10.4. The summed E-state index contributed by atoms with van der Waals surface area (Å²) in [7, 11) is 0. The number of fused-ring (bicyclic) bond motifs is 1. The van der Waals surface area contributed by atoms with Gasteiger partial charge in [0.1, 0.15) is 6.04 Å². The number of halogens is 2. The van der Waals surface area contributed by atoms with Gasteiger partial charge >= 0.3 is 0 Å². The van der Waals surface area contributed by atoms with E-state index in [1.165, 1.54) is 0 Å². The Kier molecular flexibility index (Phi) is 5.85. The summed E-state index contributed by atoms with van der Waals surface area (Å²) in [5, 5.41) is 8.00. The molecule has 2 atom stereocenters. The number of benzene rings is 1. The van der Waals surface area contributed by atoms with E-state index in [1.54, 1.807) is 18.2 Å². The van der Waals surface area contributed by atoms with Gasteiger partial charge in [0.15, 0.2) is 0 Å². The highest BCUT2D eigenvalue weighted by molar-refractivity contribution is 6.23. The summed E-state index contributed by atoms with van der Waals surface area (Å²) in [6.45, 7) is 1.07. The van der Waals surface area contributed by atoms with Crippen LogP contribution >= 0.6 is 0 Å². The highest BCUT2D eigenvalue weighted by atomic mass is 19.3. The minimum Gasteiger partial charge on any atom is -0.313 e. The van der Waals surface area contributed by atoms with Crippen LogP contribution in [-0.4, -0.2) is 60.1 Å². The second-order valence-electron chi connectivity index (χ2n) is 8.22. The minimum absolute atomic E-state index is 0.0646. The molecule has 2 fully saturated rings. The molecule has 166 valence electrons. The molecule has 0 radical (unpaired) electrons. The van der Waals surface area contributed by atoms with E-state index < -0.39 is 41.5 Å². The van der Waals surface area contributed by atoms with Crippen molar-refractivity contribution >= 4 is 23.6 Å².